The summed E-state index contributed by atoms with van der Waals surface area (Å²) in [5.41, 5.74) is 0.902. The fourth-order valence-corrected chi connectivity index (χ4v) is 2.67. The molecule has 7 nitrogen and oxygen atoms in total. The van der Waals surface area contributed by atoms with Crippen molar-refractivity contribution in [3.8, 4) is 5.75 Å². The first-order valence-corrected chi connectivity index (χ1v) is 7.46. The predicted molar refractivity (Wildman–Crippen MR) is 81.9 cm³/mol. The third-order valence-corrected chi connectivity index (χ3v) is 3.91. The molecule has 1 unspecified atom stereocenters. The molecule has 1 aliphatic rings. The molecule has 3 atom stereocenters. The average Bonchev–Trinajstić information content (AvgIpc) is 2.59. The number of hydrogen-bond donors (Lipinski definition) is 2. The summed E-state index contributed by atoms with van der Waals surface area (Å²) in [6.07, 6.45) is -0.491. The predicted octanol–water partition coefficient (Wildman–Crippen LogP) is 0.142. The highest BCUT2D eigenvalue weighted by Crippen LogP contribution is 2.19. The first-order valence-electron chi connectivity index (χ1n) is 7.46. The van der Waals surface area contributed by atoms with Gasteiger partial charge in [-0.05, 0) is 24.1 Å². The van der Waals surface area contributed by atoms with Crippen LogP contribution in [0.2, 0.25) is 0 Å². The van der Waals surface area contributed by atoms with Crippen molar-refractivity contribution in [1.82, 2.24) is 4.90 Å². The molecule has 128 valence electrons. The Balaban J connectivity index is 2.16. The summed E-state index contributed by atoms with van der Waals surface area (Å²) < 4.78 is 15.7. The molecule has 0 saturated carbocycles. The van der Waals surface area contributed by atoms with E-state index in [0.717, 1.165) is 5.56 Å². The number of methoxy groups -OCH3 is 2. The Bertz CT molecular complexity index is 494. The summed E-state index contributed by atoms with van der Waals surface area (Å²) in [6, 6.07) is 6.18. The zero-order valence-corrected chi connectivity index (χ0v) is 13.3. The van der Waals surface area contributed by atoms with Gasteiger partial charge in [0.05, 0.1) is 26.4 Å². The van der Waals surface area contributed by atoms with E-state index in [-0.39, 0.29) is 18.3 Å². The maximum atomic E-state index is 12.2. The lowest BCUT2D eigenvalue weighted by molar-refractivity contribution is -0.213. The molecule has 0 aliphatic carbocycles. The van der Waals surface area contributed by atoms with Crippen LogP contribution in [0.3, 0.4) is 0 Å². The second-order valence-corrected chi connectivity index (χ2v) is 5.47. The van der Waals surface area contributed by atoms with Crippen LogP contribution in [0.1, 0.15) is 5.56 Å². The van der Waals surface area contributed by atoms with Gasteiger partial charge >= 0.3 is 5.97 Å². The number of carbonyl (C=O) groups is 1. The lowest BCUT2D eigenvalue weighted by Gasteiger charge is -2.39. The van der Waals surface area contributed by atoms with Gasteiger partial charge in [0.2, 0.25) is 0 Å². The van der Waals surface area contributed by atoms with Gasteiger partial charge in [0.1, 0.15) is 11.8 Å². The lowest BCUT2D eigenvalue weighted by atomic mass is 10.0. The molecule has 0 spiro atoms. The van der Waals surface area contributed by atoms with Crippen LogP contribution in [-0.2, 0) is 25.4 Å². The van der Waals surface area contributed by atoms with Crippen molar-refractivity contribution in [1.29, 1.82) is 0 Å². The molecule has 1 saturated heterocycles. The van der Waals surface area contributed by atoms with Gasteiger partial charge in [-0.1, -0.05) is 12.1 Å². The summed E-state index contributed by atoms with van der Waals surface area (Å²) in [5, 5.41) is 18.7. The van der Waals surface area contributed by atoms with Crippen molar-refractivity contribution in [2.75, 3.05) is 33.9 Å². The fraction of sp³-hybridized carbons (Fsp3) is 0.562. The molecule has 1 aliphatic heterocycles. The number of hydrogen-bond acceptors (Lipinski definition) is 7. The second kappa shape index (κ2) is 8.26. The van der Waals surface area contributed by atoms with E-state index < -0.39 is 18.4 Å². The zero-order chi connectivity index (χ0) is 16.8. The zero-order valence-electron chi connectivity index (χ0n) is 13.3. The van der Waals surface area contributed by atoms with Crippen molar-refractivity contribution in [2.24, 2.45) is 0 Å². The van der Waals surface area contributed by atoms with Gasteiger partial charge in [0.15, 0.2) is 6.29 Å². The lowest BCUT2D eigenvalue weighted by Crippen LogP contribution is -2.56. The van der Waals surface area contributed by atoms with Crippen LogP contribution in [-0.4, -0.2) is 73.4 Å². The summed E-state index contributed by atoms with van der Waals surface area (Å²) in [7, 11) is 2.87. The van der Waals surface area contributed by atoms with Gasteiger partial charge in [-0.15, -0.1) is 0 Å². The van der Waals surface area contributed by atoms with Crippen LogP contribution in [0, 0.1) is 0 Å². The van der Waals surface area contributed by atoms with E-state index in [2.05, 4.69) is 0 Å². The number of aromatic hydroxyl groups is 1. The van der Waals surface area contributed by atoms with E-state index in [0.29, 0.717) is 19.5 Å². The third-order valence-electron chi connectivity index (χ3n) is 3.91. The van der Waals surface area contributed by atoms with Gasteiger partial charge < -0.3 is 24.4 Å². The molecule has 0 aromatic heterocycles. The number of carbonyl (C=O) groups excluding carboxylic acids is 1. The van der Waals surface area contributed by atoms with Crippen LogP contribution < -0.4 is 0 Å². The molecular formula is C16H23NO6. The topological polar surface area (TPSA) is 88.5 Å². The maximum Gasteiger partial charge on any atom is 0.323 e. The largest absolute Gasteiger partial charge is 0.508 e. The van der Waals surface area contributed by atoms with E-state index >= 15 is 0 Å². The molecule has 0 radical (unpaired) electrons. The number of phenols is 1. The highest BCUT2D eigenvalue weighted by Gasteiger charge is 2.35. The van der Waals surface area contributed by atoms with Crippen molar-refractivity contribution in [2.45, 2.75) is 24.9 Å². The summed E-state index contributed by atoms with van der Waals surface area (Å²) >= 11 is 0. The quantitative estimate of drug-likeness (QED) is 0.719. The Hall–Kier alpha value is -1.67. The van der Waals surface area contributed by atoms with Crippen LogP contribution in [0.15, 0.2) is 24.3 Å². The average molecular weight is 325 g/mol. The minimum absolute atomic E-state index is 0.149. The van der Waals surface area contributed by atoms with Gasteiger partial charge in [-0.2, -0.15) is 0 Å². The Morgan fingerprint density at radius 3 is 2.61 bits per heavy atom. The molecule has 1 heterocycles. The molecule has 1 fully saturated rings. The standard InChI is InChI=1S/C16H23NO6/c1-21-15-9-17(8-13(10-18)23-15)14(16(20)22-2)7-11-3-5-12(19)6-4-11/h3-6,13-15,18-19H,7-10H2,1-2H3/t13-,14?,15-/m0/s1. The maximum absolute atomic E-state index is 12.2. The number of nitrogens with zero attached hydrogens (tertiary/aromatic N) is 1. The fourth-order valence-electron chi connectivity index (χ4n) is 2.67. The normalized spacial score (nSPS) is 23.4. The molecule has 2 N–H and O–H groups in total. The van der Waals surface area contributed by atoms with Gasteiger partial charge in [0, 0.05) is 13.7 Å². The van der Waals surface area contributed by atoms with Gasteiger partial charge in [-0.3, -0.25) is 9.69 Å². The summed E-state index contributed by atoms with van der Waals surface area (Å²) in [4.78, 5) is 14.1. The molecule has 1 aromatic carbocycles. The van der Waals surface area contributed by atoms with Crippen molar-refractivity contribution < 1.29 is 29.2 Å². The number of benzene rings is 1. The van der Waals surface area contributed by atoms with E-state index in [1.165, 1.54) is 14.2 Å². The molecular weight excluding hydrogens is 302 g/mol. The van der Waals surface area contributed by atoms with E-state index in [9.17, 15) is 15.0 Å². The van der Waals surface area contributed by atoms with Crippen molar-refractivity contribution in [3.63, 3.8) is 0 Å². The van der Waals surface area contributed by atoms with Crippen LogP contribution in [0.5, 0.6) is 5.75 Å². The number of phenolic OH excluding ortho intramolecular Hbond substituents is 1. The molecule has 23 heavy (non-hydrogen) atoms. The summed E-state index contributed by atoms with van der Waals surface area (Å²) in [5.74, 6) is -0.180. The highest BCUT2D eigenvalue weighted by molar-refractivity contribution is 5.76. The van der Waals surface area contributed by atoms with Crippen LogP contribution >= 0.6 is 0 Å². The van der Waals surface area contributed by atoms with Crippen LogP contribution in [0.4, 0.5) is 0 Å². The van der Waals surface area contributed by atoms with E-state index in [1.54, 1.807) is 24.3 Å². The van der Waals surface area contributed by atoms with Crippen molar-refractivity contribution in [3.05, 3.63) is 29.8 Å². The minimum Gasteiger partial charge on any atom is -0.508 e. The first kappa shape index (κ1) is 17.7. The summed E-state index contributed by atoms with van der Waals surface area (Å²) in [6.45, 7) is 0.669. The number of aliphatic hydroxyl groups is 1. The number of morpholine rings is 1. The number of ether oxygens (including phenoxy) is 3. The molecule has 7 heteroatoms. The van der Waals surface area contributed by atoms with E-state index in [4.69, 9.17) is 14.2 Å². The monoisotopic (exact) mass is 325 g/mol. The second-order valence-electron chi connectivity index (χ2n) is 5.47. The Morgan fingerprint density at radius 1 is 1.35 bits per heavy atom. The Kier molecular flexibility index (Phi) is 6.35. The van der Waals surface area contributed by atoms with Gasteiger partial charge in [-0.25, -0.2) is 0 Å². The van der Waals surface area contributed by atoms with E-state index in [1.807, 2.05) is 4.90 Å². The third kappa shape index (κ3) is 4.65. The van der Waals surface area contributed by atoms with Crippen molar-refractivity contribution >= 4 is 5.97 Å². The van der Waals surface area contributed by atoms with Crippen LogP contribution in [0.25, 0.3) is 0 Å². The molecule has 0 amide bonds. The molecule has 1 aromatic rings. The Labute approximate surface area is 135 Å². The SMILES string of the molecule is COC(=O)C(Cc1ccc(O)cc1)N1C[C@@H](CO)O[C@H](OC)C1. The first-order chi connectivity index (χ1) is 11.1. The number of esters is 1. The number of aliphatic hydroxyl groups excluding tert-OH is 1. The smallest absolute Gasteiger partial charge is 0.323 e. The number of rotatable bonds is 6. The Morgan fingerprint density at radius 2 is 2.04 bits per heavy atom. The van der Waals surface area contributed by atoms with Gasteiger partial charge in [0.25, 0.3) is 0 Å². The molecule has 2 rings (SSSR count). The highest BCUT2D eigenvalue weighted by atomic mass is 16.7. The molecule has 0 bridgehead atoms. The minimum atomic E-state index is -0.514.